The Labute approximate surface area is 493 Å². The minimum absolute atomic E-state index is 0.0114. The summed E-state index contributed by atoms with van der Waals surface area (Å²) in [6.07, 6.45) is 6.62. The number of aliphatic hydroxyl groups excluding tert-OH is 1. The number of carbonyl (C=O) groups is 5. The summed E-state index contributed by atoms with van der Waals surface area (Å²) in [5.41, 5.74) is 8.22. The van der Waals surface area contributed by atoms with E-state index in [1.165, 1.54) is 17.0 Å². The Morgan fingerprint density at radius 3 is 2.25 bits per heavy atom. The number of amides is 5. The van der Waals surface area contributed by atoms with Crippen LogP contribution in [0.25, 0.3) is 21.3 Å². The number of piperazine rings is 1. The van der Waals surface area contributed by atoms with Crippen molar-refractivity contribution in [3.8, 4) is 10.4 Å². The number of carbonyl (C=O) groups excluding carboxylic acids is 5. The maximum absolute atomic E-state index is 14.1. The van der Waals surface area contributed by atoms with Gasteiger partial charge in [-0.05, 0) is 109 Å². The molecule has 2 aromatic heterocycles. The minimum atomic E-state index is -0.882. The predicted octanol–water partition coefficient (Wildman–Crippen LogP) is 8.49. The van der Waals surface area contributed by atoms with Crippen LogP contribution in [0.5, 0.6) is 0 Å². The van der Waals surface area contributed by atoms with E-state index in [-0.39, 0.29) is 61.5 Å². The van der Waals surface area contributed by atoms with Crippen molar-refractivity contribution in [2.75, 3.05) is 74.6 Å². The molecule has 5 heterocycles. The second-order valence-electron chi connectivity index (χ2n) is 23.6. The molecule has 3 aliphatic heterocycles. The van der Waals surface area contributed by atoms with E-state index in [0.29, 0.717) is 98.9 Å². The Bertz CT molecular complexity index is 3220. The number of aryl methyl sites for hydroxylation is 1. The molecule has 18 nitrogen and oxygen atoms in total. The van der Waals surface area contributed by atoms with E-state index in [1.807, 2.05) is 93.9 Å². The lowest BCUT2D eigenvalue weighted by molar-refractivity contribution is -0.144. The van der Waals surface area contributed by atoms with Crippen LogP contribution in [-0.2, 0) is 36.9 Å². The first kappa shape index (κ1) is 61.2. The highest BCUT2D eigenvalue weighted by atomic mass is 32.1. The Balaban J connectivity index is 0.666. The molecule has 3 saturated heterocycles. The van der Waals surface area contributed by atoms with Gasteiger partial charge in [0.05, 0.1) is 39.8 Å². The number of aromatic amines is 1. The van der Waals surface area contributed by atoms with Crippen LogP contribution in [0.2, 0.25) is 0 Å². The van der Waals surface area contributed by atoms with Gasteiger partial charge in [-0.2, -0.15) is 5.10 Å². The van der Waals surface area contributed by atoms with E-state index in [9.17, 15) is 37.9 Å². The average Bonchev–Trinajstić information content (AvgIpc) is 4.38. The van der Waals surface area contributed by atoms with E-state index < -0.39 is 35.2 Å². The standard InChI is InChI=1S/C63H79F2N11O7S/c1-40-57(84-39-68-40)44-15-12-41(13-16-44)36-67-61(81)54-35-49(77)37-76(54)62(82)58(63(2,3)4)70-55(78)11-9-7-5-6-8-10-22-66-56(79)38-74-23-25-75(26-24-74)48-17-18-50(53(34-48)69-47-20-27-83-28-21-47)60(80)71-59-51-32-42(14-19-52(51)72-73-59)29-43-30-45(64)33-46(65)31-43/h12-19,30-34,39,47,49,54,58,69,77H,5-11,20-29,35-38H2,1-4H3,(H,66,79)(H,67,81)(H,70,78)(H2,71,72,73,80)/t49-,54+,58-/m1/s1. The van der Waals surface area contributed by atoms with E-state index in [0.717, 1.165) is 84.0 Å². The molecular weight excluding hydrogens is 1090 g/mol. The molecule has 21 heteroatoms. The van der Waals surface area contributed by atoms with Crippen LogP contribution in [-0.4, -0.2) is 143 Å². The zero-order valence-electron chi connectivity index (χ0n) is 48.5. The fourth-order valence-electron chi connectivity index (χ4n) is 11.3. The van der Waals surface area contributed by atoms with Gasteiger partial charge in [0, 0.05) is 101 Å². The number of nitrogens with zero attached hydrogens (tertiary/aromatic N) is 5. The van der Waals surface area contributed by atoms with Gasteiger partial charge in [0.15, 0.2) is 5.82 Å². The maximum atomic E-state index is 14.1. The zero-order valence-corrected chi connectivity index (χ0v) is 49.4. The number of aromatic nitrogens is 3. The van der Waals surface area contributed by atoms with Crippen LogP contribution in [0, 0.1) is 24.0 Å². The summed E-state index contributed by atoms with van der Waals surface area (Å²) >= 11 is 1.58. The van der Waals surface area contributed by atoms with Crippen molar-refractivity contribution in [3.63, 3.8) is 0 Å². The number of fused-ring (bicyclic) bond motifs is 1. The Morgan fingerprint density at radius 1 is 0.821 bits per heavy atom. The summed E-state index contributed by atoms with van der Waals surface area (Å²) in [5, 5.41) is 34.3. The molecule has 9 rings (SSSR count). The molecule has 6 aromatic rings. The fourth-order valence-corrected chi connectivity index (χ4v) is 12.1. The second kappa shape index (κ2) is 28.5. The number of benzene rings is 4. The monoisotopic (exact) mass is 1170 g/mol. The molecule has 84 heavy (non-hydrogen) atoms. The summed E-state index contributed by atoms with van der Waals surface area (Å²) < 4.78 is 33.5. The number of hydrogen-bond acceptors (Lipinski definition) is 13. The number of β-amino-alcohol motifs (C(OH)–C–C–N with tert-alkyl or cyclic N) is 1. The van der Waals surface area contributed by atoms with E-state index >= 15 is 0 Å². The maximum Gasteiger partial charge on any atom is 0.258 e. The molecular formula is C63H79F2N11O7S. The van der Waals surface area contributed by atoms with Crippen LogP contribution in [0.15, 0.2) is 84.4 Å². The Morgan fingerprint density at radius 2 is 1.54 bits per heavy atom. The molecule has 7 N–H and O–H groups in total. The van der Waals surface area contributed by atoms with Gasteiger partial charge in [-0.3, -0.25) is 34.0 Å². The van der Waals surface area contributed by atoms with Crippen molar-refractivity contribution in [2.24, 2.45) is 5.41 Å². The zero-order chi connectivity index (χ0) is 59.3. The summed E-state index contributed by atoms with van der Waals surface area (Å²) in [6, 6.07) is 21.1. The highest BCUT2D eigenvalue weighted by Gasteiger charge is 2.44. The number of unbranched alkanes of at least 4 members (excludes halogenated alkanes) is 5. The lowest BCUT2D eigenvalue weighted by Crippen LogP contribution is -2.57. The molecule has 3 aliphatic rings. The number of H-pyrrole nitrogens is 1. The van der Waals surface area contributed by atoms with Gasteiger partial charge in [-0.1, -0.05) is 76.8 Å². The van der Waals surface area contributed by atoms with Gasteiger partial charge < -0.3 is 46.2 Å². The smallest absolute Gasteiger partial charge is 0.258 e. The van der Waals surface area contributed by atoms with Crippen LogP contribution in [0.1, 0.15) is 118 Å². The van der Waals surface area contributed by atoms with Gasteiger partial charge in [0.1, 0.15) is 23.7 Å². The highest BCUT2D eigenvalue weighted by molar-refractivity contribution is 7.13. The van der Waals surface area contributed by atoms with Crippen LogP contribution in [0.4, 0.5) is 26.0 Å². The van der Waals surface area contributed by atoms with Crippen molar-refractivity contribution < 1.29 is 42.6 Å². The molecule has 0 aliphatic carbocycles. The number of hydrogen-bond donors (Lipinski definition) is 7. The van der Waals surface area contributed by atoms with Crippen molar-refractivity contribution in [3.05, 3.63) is 124 Å². The molecule has 0 spiro atoms. The molecule has 5 amide bonds. The third-order valence-corrected chi connectivity index (χ3v) is 17.0. The molecule has 0 radical (unpaired) electrons. The quantitative estimate of drug-likeness (QED) is 0.0283. The number of halogens is 2. The van der Waals surface area contributed by atoms with Crippen LogP contribution >= 0.6 is 11.3 Å². The summed E-state index contributed by atoms with van der Waals surface area (Å²) in [7, 11) is 0. The number of likely N-dealkylation sites (tertiary alicyclic amines) is 1. The number of rotatable bonds is 24. The van der Waals surface area contributed by atoms with Crippen molar-refractivity contribution in [2.45, 2.75) is 129 Å². The Kier molecular flexibility index (Phi) is 20.8. The molecule has 3 fully saturated rings. The van der Waals surface area contributed by atoms with E-state index in [1.54, 1.807) is 11.3 Å². The molecule has 0 saturated carbocycles. The number of anilines is 3. The Hall–Kier alpha value is -7.33. The normalized spacial score (nSPS) is 17.3. The average molecular weight is 1170 g/mol. The number of nitrogens with one attached hydrogen (secondary N) is 6. The van der Waals surface area contributed by atoms with Crippen molar-refractivity contribution >= 4 is 69.0 Å². The number of thiazole rings is 1. The number of aliphatic hydroxyl groups is 1. The topological polar surface area (TPSA) is 226 Å². The molecule has 0 bridgehead atoms. The molecule has 0 unspecified atom stereocenters. The SMILES string of the molecule is Cc1ncsc1-c1ccc(CNC(=O)[C@@H]2C[C@@H](O)CN2C(=O)[C@@H](NC(=O)CCCCCCCCNC(=O)CN2CCN(c3ccc(C(=O)Nc4n[nH]c5ccc(Cc6cc(F)cc(F)c6)cc45)c(NC4CCOCC4)c3)CC2)C(C)(C)C)cc1. The van der Waals surface area contributed by atoms with Gasteiger partial charge in [-0.15, -0.1) is 11.3 Å². The van der Waals surface area contributed by atoms with Crippen molar-refractivity contribution in [1.29, 1.82) is 0 Å². The van der Waals surface area contributed by atoms with Crippen molar-refractivity contribution in [1.82, 2.24) is 40.9 Å². The number of ether oxygens (including phenoxy) is 1. The first-order valence-electron chi connectivity index (χ1n) is 29.4. The van der Waals surface area contributed by atoms with Crippen LogP contribution < -0.4 is 31.5 Å². The molecule has 3 atom stereocenters. The molecule has 4 aromatic carbocycles. The lowest BCUT2D eigenvalue weighted by atomic mass is 9.85. The summed E-state index contributed by atoms with van der Waals surface area (Å²) in [5.74, 6) is -2.25. The van der Waals surface area contributed by atoms with Gasteiger partial charge in [0.25, 0.3) is 5.91 Å². The van der Waals surface area contributed by atoms with Gasteiger partial charge in [-0.25, -0.2) is 13.8 Å². The largest absolute Gasteiger partial charge is 0.391 e. The molecule has 448 valence electrons. The van der Waals surface area contributed by atoms with Gasteiger partial charge >= 0.3 is 0 Å². The highest BCUT2D eigenvalue weighted by Crippen LogP contribution is 2.32. The second-order valence-corrected chi connectivity index (χ2v) is 24.4. The van der Waals surface area contributed by atoms with E-state index in [2.05, 4.69) is 51.6 Å². The fraction of sp³-hybridized carbons (Fsp3) is 0.476. The predicted molar refractivity (Wildman–Crippen MR) is 323 cm³/mol. The summed E-state index contributed by atoms with van der Waals surface area (Å²) in [6.45, 7) is 12.8. The van der Waals surface area contributed by atoms with Crippen LogP contribution in [0.3, 0.4) is 0 Å². The minimum Gasteiger partial charge on any atom is -0.391 e. The third-order valence-electron chi connectivity index (χ3n) is 16.0. The third kappa shape index (κ3) is 16.5. The first-order valence-corrected chi connectivity index (χ1v) is 30.3. The summed E-state index contributed by atoms with van der Waals surface area (Å²) in [4.78, 5) is 79.2. The first-order chi connectivity index (χ1) is 40.4. The van der Waals surface area contributed by atoms with E-state index in [4.69, 9.17) is 4.74 Å². The lowest BCUT2D eigenvalue weighted by Gasteiger charge is -2.36. The van der Waals surface area contributed by atoms with Gasteiger partial charge in [0.2, 0.25) is 23.6 Å².